The van der Waals surface area contributed by atoms with Gasteiger partial charge in [-0.1, -0.05) is 57.9 Å². The molecular weight excluding hydrogens is 364 g/mol. The lowest BCUT2D eigenvalue weighted by Crippen LogP contribution is -2.34. The van der Waals surface area contributed by atoms with Crippen LogP contribution in [-0.4, -0.2) is 24.4 Å². The molecule has 0 spiro atoms. The minimum atomic E-state index is -0.00507. The van der Waals surface area contributed by atoms with E-state index in [2.05, 4.69) is 21.2 Å². The molecule has 0 aliphatic rings. The molecule has 0 saturated heterocycles. The summed E-state index contributed by atoms with van der Waals surface area (Å²) in [5.74, 6) is -0.00507. The van der Waals surface area contributed by atoms with Crippen molar-refractivity contribution < 1.29 is 4.79 Å². The normalized spacial score (nSPS) is 10.7. The molecule has 3 nitrogen and oxygen atoms in total. The first-order valence-electron chi connectivity index (χ1n) is 6.97. The van der Waals surface area contributed by atoms with E-state index >= 15 is 0 Å². The number of nitrogens with one attached hydrogen (secondary N) is 1. The third-order valence-corrected chi connectivity index (χ3v) is 4.20. The van der Waals surface area contributed by atoms with Crippen LogP contribution in [0.25, 0.3) is 0 Å². The van der Waals surface area contributed by atoms with Gasteiger partial charge < -0.3 is 5.32 Å². The Bertz CT molecular complexity index is 648. The first-order valence-corrected chi connectivity index (χ1v) is 8.15. The van der Waals surface area contributed by atoms with Gasteiger partial charge in [-0.3, -0.25) is 9.69 Å². The van der Waals surface area contributed by atoms with Gasteiger partial charge in [0, 0.05) is 22.6 Å². The number of amides is 1. The van der Waals surface area contributed by atoms with Gasteiger partial charge in [-0.05, 0) is 36.4 Å². The van der Waals surface area contributed by atoms with E-state index in [0.29, 0.717) is 24.7 Å². The molecule has 0 heterocycles. The Labute approximate surface area is 144 Å². The van der Waals surface area contributed by atoms with Crippen LogP contribution < -0.4 is 5.32 Å². The minimum absolute atomic E-state index is 0.00507. The summed E-state index contributed by atoms with van der Waals surface area (Å²) < 4.78 is 1.06. The van der Waals surface area contributed by atoms with Gasteiger partial charge in [0.25, 0.3) is 0 Å². The first kappa shape index (κ1) is 17.0. The SMILES string of the molecule is CN(CC(=O)NCc1cccc(Cl)c1)Cc1ccccc1Br. The quantitative estimate of drug-likeness (QED) is 0.824. The fourth-order valence-electron chi connectivity index (χ4n) is 2.12. The summed E-state index contributed by atoms with van der Waals surface area (Å²) in [4.78, 5) is 14.0. The zero-order chi connectivity index (χ0) is 15.9. The molecule has 1 amide bonds. The second kappa shape index (κ2) is 8.32. The van der Waals surface area contributed by atoms with Crippen molar-refractivity contribution >= 4 is 33.4 Å². The lowest BCUT2D eigenvalue weighted by Gasteiger charge is -2.17. The molecule has 116 valence electrons. The van der Waals surface area contributed by atoms with E-state index in [1.165, 1.54) is 0 Å². The lowest BCUT2D eigenvalue weighted by atomic mass is 10.2. The molecule has 5 heteroatoms. The predicted octanol–water partition coefficient (Wildman–Crippen LogP) is 3.85. The van der Waals surface area contributed by atoms with Crippen LogP contribution >= 0.6 is 27.5 Å². The van der Waals surface area contributed by atoms with Crippen molar-refractivity contribution in [1.29, 1.82) is 0 Å². The number of benzene rings is 2. The van der Waals surface area contributed by atoms with Gasteiger partial charge in [-0.25, -0.2) is 0 Å². The Hall–Kier alpha value is -1.36. The highest BCUT2D eigenvalue weighted by Crippen LogP contribution is 2.17. The highest BCUT2D eigenvalue weighted by atomic mass is 79.9. The summed E-state index contributed by atoms with van der Waals surface area (Å²) in [5.41, 5.74) is 2.15. The van der Waals surface area contributed by atoms with Crippen LogP contribution in [0.2, 0.25) is 5.02 Å². The van der Waals surface area contributed by atoms with Gasteiger partial charge in [-0.2, -0.15) is 0 Å². The van der Waals surface area contributed by atoms with Crippen molar-refractivity contribution in [2.75, 3.05) is 13.6 Å². The summed E-state index contributed by atoms with van der Waals surface area (Å²) in [6.45, 7) is 1.55. The number of hydrogen-bond donors (Lipinski definition) is 1. The van der Waals surface area contributed by atoms with Crippen LogP contribution in [0, 0.1) is 0 Å². The van der Waals surface area contributed by atoms with Crippen LogP contribution in [-0.2, 0) is 17.9 Å². The zero-order valence-corrected chi connectivity index (χ0v) is 14.7. The average molecular weight is 382 g/mol. The number of carbonyl (C=O) groups excluding carboxylic acids is 1. The summed E-state index contributed by atoms with van der Waals surface area (Å²) in [7, 11) is 1.93. The lowest BCUT2D eigenvalue weighted by molar-refractivity contribution is -0.122. The molecule has 2 aromatic carbocycles. The van der Waals surface area contributed by atoms with Crippen molar-refractivity contribution in [2.45, 2.75) is 13.1 Å². The predicted molar refractivity (Wildman–Crippen MR) is 93.8 cm³/mol. The van der Waals surface area contributed by atoms with Crippen molar-refractivity contribution in [3.63, 3.8) is 0 Å². The summed E-state index contributed by atoms with van der Waals surface area (Å²) in [6, 6.07) is 15.5. The Morgan fingerprint density at radius 1 is 1.23 bits per heavy atom. The molecule has 0 aromatic heterocycles. The number of hydrogen-bond acceptors (Lipinski definition) is 2. The number of halogens is 2. The maximum Gasteiger partial charge on any atom is 0.234 e. The molecule has 0 bridgehead atoms. The third-order valence-electron chi connectivity index (χ3n) is 3.19. The summed E-state index contributed by atoms with van der Waals surface area (Å²) in [6.07, 6.45) is 0. The van der Waals surface area contributed by atoms with E-state index in [0.717, 1.165) is 15.6 Å². The molecule has 0 atom stereocenters. The van der Waals surface area contributed by atoms with E-state index in [-0.39, 0.29) is 5.91 Å². The van der Waals surface area contributed by atoms with Gasteiger partial charge in [0.2, 0.25) is 5.91 Å². The molecule has 0 fully saturated rings. The fourth-order valence-corrected chi connectivity index (χ4v) is 2.74. The second-order valence-corrected chi connectivity index (χ2v) is 6.46. The van der Waals surface area contributed by atoms with E-state index in [4.69, 9.17) is 11.6 Å². The van der Waals surface area contributed by atoms with Crippen LogP contribution in [0.1, 0.15) is 11.1 Å². The van der Waals surface area contributed by atoms with Crippen LogP contribution in [0.3, 0.4) is 0 Å². The second-order valence-electron chi connectivity index (χ2n) is 5.17. The van der Waals surface area contributed by atoms with Gasteiger partial charge in [0.1, 0.15) is 0 Å². The highest BCUT2D eigenvalue weighted by Gasteiger charge is 2.08. The Morgan fingerprint density at radius 3 is 2.73 bits per heavy atom. The minimum Gasteiger partial charge on any atom is -0.351 e. The number of carbonyl (C=O) groups is 1. The monoisotopic (exact) mass is 380 g/mol. The highest BCUT2D eigenvalue weighted by molar-refractivity contribution is 9.10. The van der Waals surface area contributed by atoms with E-state index in [1.54, 1.807) is 0 Å². The van der Waals surface area contributed by atoms with E-state index < -0.39 is 0 Å². The number of nitrogens with zero attached hydrogens (tertiary/aromatic N) is 1. The molecular formula is C17H18BrClN2O. The Balaban J connectivity index is 1.80. The largest absolute Gasteiger partial charge is 0.351 e. The molecule has 0 aliphatic carbocycles. The zero-order valence-electron chi connectivity index (χ0n) is 12.4. The number of likely N-dealkylation sites (N-methyl/N-ethyl adjacent to an activating group) is 1. The van der Waals surface area contributed by atoms with Gasteiger partial charge in [-0.15, -0.1) is 0 Å². The van der Waals surface area contributed by atoms with Gasteiger partial charge in [0.15, 0.2) is 0 Å². The van der Waals surface area contributed by atoms with Crippen molar-refractivity contribution in [3.05, 3.63) is 69.2 Å². The van der Waals surface area contributed by atoms with Crippen LogP contribution in [0.5, 0.6) is 0 Å². The molecule has 0 saturated carbocycles. The smallest absolute Gasteiger partial charge is 0.234 e. The van der Waals surface area contributed by atoms with Crippen molar-refractivity contribution in [2.24, 2.45) is 0 Å². The standard InChI is InChI=1S/C17H18BrClN2O/c1-21(11-14-6-2-3-8-16(14)18)12-17(22)20-10-13-5-4-7-15(19)9-13/h2-9H,10-12H2,1H3,(H,20,22). The average Bonchev–Trinajstić information content (AvgIpc) is 2.47. The molecule has 0 aliphatic heterocycles. The summed E-state index contributed by atoms with van der Waals surface area (Å²) >= 11 is 9.44. The molecule has 2 rings (SSSR count). The van der Waals surface area contributed by atoms with Crippen LogP contribution in [0.15, 0.2) is 53.0 Å². The molecule has 1 N–H and O–H groups in total. The maximum atomic E-state index is 12.0. The van der Waals surface area contributed by atoms with E-state index in [1.807, 2.05) is 60.5 Å². The van der Waals surface area contributed by atoms with Crippen LogP contribution in [0.4, 0.5) is 0 Å². The molecule has 22 heavy (non-hydrogen) atoms. The van der Waals surface area contributed by atoms with Crippen molar-refractivity contribution in [3.8, 4) is 0 Å². The Kier molecular flexibility index (Phi) is 6.43. The molecule has 0 unspecified atom stereocenters. The first-order chi connectivity index (χ1) is 10.5. The van der Waals surface area contributed by atoms with Crippen molar-refractivity contribution in [1.82, 2.24) is 10.2 Å². The summed E-state index contributed by atoms with van der Waals surface area (Å²) in [5, 5.41) is 3.59. The molecule has 2 aromatic rings. The maximum absolute atomic E-state index is 12.0. The third kappa shape index (κ3) is 5.44. The molecule has 0 radical (unpaired) electrons. The number of rotatable bonds is 6. The van der Waals surface area contributed by atoms with Gasteiger partial charge in [0.05, 0.1) is 6.54 Å². The van der Waals surface area contributed by atoms with Gasteiger partial charge >= 0.3 is 0 Å². The topological polar surface area (TPSA) is 32.3 Å². The van der Waals surface area contributed by atoms with E-state index in [9.17, 15) is 4.79 Å². The Morgan fingerprint density at radius 2 is 2.00 bits per heavy atom. The fraction of sp³-hybridized carbons (Fsp3) is 0.235.